The summed E-state index contributed by atoms with van der Waals surface area (Å²) in [4.78, 5) is 4.36. The number of benzene rings is 1. The molecule has 1 N–H and O–H groups in total. The van der Waals surface area contributed by atoms with Crippen molar-refractivity contribution in [2.24, 2.45) is 0 Å². The van der Waals surface area contributed by atoms with Crippen LogP contribution in [0, 0.1) is 0 Å². The average Bonchev–Trinajstić information content (AvgIpc) is 2.51. The first kappa shape index (κ1) is 16.3. The number of rotatable bonds is 6. The van der Waals surface area contributed by atoms with E-state index < -0.39 is 0 Å². The summed E-state index contributed by atoms with van der Waals surface area (Å²) >= 11 is 7.90. The van der Waals surface area contributed by atoms with Crippen molar-refractivity contribution in [3.63, 3.8) is 0 Å². The number of hydrogen-bond acceptors (Lipinski definition) is 3. The summed E-state index contributed by atoms with van der Waals surface area (Å²) in [7, 11) is 2.00. The fourth-order valence-corrected chi connectivity index (χ4v) is 3.67. The molecule has 0 radical (unpaired) electrons. The number of thioether (sulfide) groups is 1. The van der Waals surface area contributed by atoms with Crippen LogP contribution in [0.5, 0.6) is 0 Å². The van der Waals surface area contributed by atoms with E-state index in [2.05, 4.69) is 48.4 Å². The lowest BCUT2D eigenvalue weighted by atomic mass is 10.0. The highest BCUT2D eigenvalue weighted by Gasteiger charge is 2.20. The molecule has 1 heterocycles. The summed E-state index contributed by atoms with van der Waals surface area (Å²) in [6.07, 6.45) is 2.85. The Kier molecular flexibility index (Phi) is 6.09. The van der Waals surface area contributed by atoms with Crippen molar-refractivity contribution in [2.45, 2.75) is 36.6 Å². The number of nitrogens with zero attached hydrogens (tertiary/aromatic N) is 1. The number of halogens is 1. The monoisotopic (exact) mass is 320 g/mol. The van der Waals surface area contributed by atoms with E-state index in [4.69, 9.17) is 11.6 Å². The van der Waals surface area contributed by atoms with Gasteiger partial charge in [0, 0.05) is 17.5 Å². The molecule has 0 saturated heterocycles. The fourth-order valence-electron chi connectivity index (χ4n) is 2.34. The normalized spacial score (nSPS) is 13.9. The van der Waals surface area contributed by atoms with E-state index in [1.165, 1.54) is 11.1 Å². The minimum Gasteiger partial charge on any atom is -0.312 e. The van der Waals surface area contributed by atoms with E-state index in [-0.39, 0.29) is 6.04 Å². The van der Waals surface area contributed by atoms with Crippen molar-refractivity contribution in [3.05, 3.63) is 58.7 Å². The van der Waals surface area contributed by atoms with Crippen LogP contribution in [0.3, 0.4) is 0 Å². The third kappa shape index (κ3) is 4.22. The molecular weight excluding hydrogens is 300 g/mol. The Morgan fingerprint density at radius 1 is 1.24 bits per heavy atom. The fraction of sp³-hybridized carbons (Fsp3) is 0.353. The molecule has 0 saturated carbocycles. The van der Waals surface area contributed by atoms with Gasteiger partial charge in [0.05, 0.1) is 5.02 Å². The molecule has 0 bridgehead atoms. The maximum absolute atomic E-state index is 6.20. The van der Waals surface area contributed by atoms with Crippen molar-refractivity contribution in [1.29, 1.82) is 0 Å². The molecule has 0 aliphatic heterocycles. The van der Waals surface area contributed by atoms with Gasteiger partial charge in [0.15, 0.2) is 0 Å². The summed E-state index contributed by atoms with van der Waals surface area (Å²) in [5, 5.41) is 5.33. The van der Waals surface area contributed by atoms with Crippen molar-refractivity contribution in [1.82, 2.24) is 10.3 Å². The number of pyridine rings is 1. The Morgan fingerprint density at radius 2 is 1.95 bits per heavy atom. The zero-order chi connectivity index (χ0) is 15.2. The van der Waals surface area contributed by atoms with Gasteiger partial charge in [0.2, 0.25) is 0 Å². The lowest BCUT2D eigenvalue weighted by Crippen LogP contribution is -2.25. The van der Waals surface area contributed by atoms with Crippen LogP contribution in [0.15, 0.2) is 47.6 Å². The predicted octanol–water partition coefficient (Wildman–Crippen LogP) is 4.74. The number of aryl methyl sites for hydroxylation is 1. The molecule has 0 aliphatic rings. The first-order valence-corrected chi connectivity index (χ1v) is 8.44. The van der Waals surface area contributed by atoms with E-state index in [1.807, 2.05) is 19.2 Å². The second kappa shape index (κ2) is 7.83. The molecule has 2 aromatic rings. The standard InChI is InChI=1S/C17H21ClN2S/c1-4-13-7-9-14(10-8-13)16(19-3)12(2)21-17-15(18)6-5-11-20-17/h5-12,16,19H,4H2,1-3H3. The van der Waals surface area contributed by atoms with Gasteiger partial charge in [0.1, 0.15) is 5.03 Å². The van der Waals surface area contributed by atoms with E-state index in [1.54, 1.807) is 18.0 Å². The highest BCUT2D eigenvalue weighted by Crippen LogP contribution is 2.34. The van der Waals surface area contributed by atoms with Crippen LogP contribution >= 0.6 is 23.4 Å². The summed E-state index contributed by atoms with van der Waals surface area (Å²) in [5.41, 5.74) is 2.66. The van der Waals surface area contributed by atoms with Crippen LogP contribution in [-0.4, -0.2) is 17.3 Å². The Bertz CT molecular complexity index is 571. The van der Waals surface area contributed by atoms with Crippen LogP contribution < -0.4 is 5.32 Å². The van der Waals surface area contributed by atoms with Crippen LogP contribution in [0.2, 0.25) is 5.02 Å². The van der Waals surface area contributed by atoms with Crippen molar-refractivity contribution < 1.29 is 0 Å². The minimum atomic E-state index is 0.263. The lowest BCUT2D eigenvalue weighted by Gasteiger charge is -2.23. The lowest BCUT2D eigenvalue weighted by molar-refractivity contribution is 0.588. The van der Waals surface area contributed by atoms with Gasteiger partial charge in [-0.15, -0.1) is 0 Å². The van der Waals surface area contributed by atoms with Crippen LogP contribution in [-0.2, 0) is 6.42 Å². The van der Waals surface area contributed by atoms with E-state index >= 15 is 0 Å². The number of aromatic nitrogens is 1. The molecule has 0 aliphatic carbocycles. The van der Waals surface area contributed by atoms with Gasteiger partial charge in [0.25, 0.3) is 0 Å². The molecule has 2 atom stereocenters. The van der Waals surface area contributed by atoms with Gasteiger partial charge >= 0.3 is 0 Å². The molecule has 21 heavy (non-hydrogen) atoms. The van der Waals surface area contributed by atoms with Crippen LogP contribution in [0.25, 0.3) is 0 Å². The third-order valence-corrected chi connectivity index (χ3v) is 5.16. The molecule has 2 nitrogen and oxygen atoms in total. The number of hydrogen-bond donors (Lipinski definition) is 1. The first-order valence-electron chi connectivity index (χ1n) is 7.19. The van der Waals surface area contributed by atoms with Gasteiger partial charge in [-0.3, -0.25) is 0 Å². The summed E-state index contributed by atoms with van der Waals surface area (Å²) < 4.78 is 0. The highest BCUT2D eigenvalue weighted by atomic mass is 35.5. The highest BCUT2D eigenvalue weighted by molar-refractivity contribution is 8.00. The zero-order valence-electron chi connectivity index (χ0n) is 12.6. The topological polar surface area (TPSA) is 24.9 Å². The SMILES string of the molecule is CCc1ccc(C(NC)C(C)Sc2ncccc2Cl)cc1. The van der Waals surface area contributed by atoms with Gasteiger partial charge in [-0.2, -0.15) is 0 Å². The Labute approximate surface area is 136 Å². The molecule has 1 aromatic heterocycles. The minimum absolute atomic E-state index is 0.263. The third-order valence-electron chi connectivity index (χ3n) is 3.55. The molecule has 2 rings (SSSR count). The second-order valence-electron chi connectivity index (χ2n) is 4.97. The Balaban J connectivity index is 2.14. The van der Waals surface area contributed by atoms with E-state index in [0.717, 1.165) is 11.4 Å². The zero-order valence-corrected chi connectivity index (χ0v) is 14.2. The molecule has 2 unspecified atom stereocenters. The quantitative estimate of drug-likeness (QED) is 0.778. The van der Waals surface area contributed by atoms with Crippen LogP contribution in [0.4, 0.5) is 0 Å². The first-order chi connectivity index (χ1) is 10.2. The average molecular weight is 321 g/mol. The van der Waals surface area contributed by atoms with Gasteiger partial charge < -0.3 is 5.32 Å². The van der Waals surface area contributed by atoms with Crippen molar-refractivity contribution in [2.75, 3.05) is 7.05 Å². The molecule has 112 valence electrons. The van der Waals surface area contributed by atoms with Gasteiger partial charge in [-0.05, 0) is 36.7 Å². The summed E-state index contributed by atoms with van der Waals surface area (Å²) in [6, 6.07) is 12.8. The van der Waals surface area contributed by atoms with Crippen molar-refractivity contribution >= 4 is 23.4 Å². The summed E-state index contributed by atoms with van der Waals surface area (Å²) in [6.45, 7) is 4.37. The van der Waals surface area contributed by atoms with Crippen molar-refractivity contribution in [3.8, 4) is 0 Å². The maximum Gasteiger partial charge on any atom is 0.115 e. The maximum atomic E-state index is 6.20. The molecule has 0 fully saturated rings. The molecule has 0 spiro atoms. The second-order valence-corrected chi connectivity index (χ2v) is 6.75. The van der Waals surface area contributed by atoms with Gasteiger partial charge in [-0.25, -0.2) is 4.98 Å². The molecular formula is C17H21ClN2S. The molecule has 4 heteroatoms. The smallest absolute Gasteiger partial charge is 0.115 e. The Morgan fingerprint density at radius 3 is 2.52 bits per heavy atom. The Hall–Kier alpha value is -1.03. The van der Waals surface area contributed by atoms with E-state index in [9.17, 15) is 0 Å². The molecule has 1 aromatic carbocycles. The van der Waals surface area contributed by atoms with E-state index in [0.29, 0.717) is 10.3 Å². The van der Waals surface area contributed by atoms with Gasteiger partial charge in [-0.1, -0.05) is 61.5 Å². The molecule has 0 amide bonds. The largest absolute Gasteiger partial charge is 0.312 e. The predicted molar refractivity (Wildman–Crippen MR) is 92.2 cm³/mol. The summed E-state index contributed by atoms with van der Waals surface area (Å²) in [5.74, 6) is 0. The van der Waals surface area contributed by atoms with Crippen LogP contribution in [0.1, 0.15) is 31.0 Å². The number of nitrogens with one attached hydrogen (secondary N) is 1.